The second-order valence-corrected chi connectivity index (χ2v) is 7.21. The highest BCUT2D eigenvalue weighted by Gasteiger charge is 2.14. The fraction of sp³-hybridized carbons (Fsp3) is 0.0667. The molecule has 2 aromatic rings. The van der Waals surface area contributed by atoms with E-state index >= 15 is 0 Å². The van der Waals surface area contributed by atoms with Gasteiger partial charge in [0.05, 0.1) is 22.7 Å². The molecule has 0 fully saturated rings. The number of sulfonamides is 1. The van der Waals surface area contributed by atoms with Crippen LogP contribution in [0.15, 0.2) is 58.5 Å². The Hall–Kier alpha value is -1.93. The van der Waals surface area contributed by atoms with Crippen LogP contribution in [-0.4, -0.2) is 27.1 Å². The van der Waals surface area contributed by atoms with Crippen molar-refractivity contribution in [2.75, 3.05) is 6.54 Å². The summed E-state index contributed by atoms with van der Waals surface area (Å²) in [6, 6.07) is 12.6. The molecule has 6 nitrogen and oxygen atoms in total. The fourth-order valence-electron chi connectivity index (χ4n) is 1.66. The molecule has 0 aromatic heterocycles. The first kappa shape index (κ1) is 18.4. The minimum atomic E-state index is -3.74. The van der Waals surface area contributed by atoms with Crippen molar-refractivity contribution >= 4 is 45.3 Å². The first-order valence-corrected chi connectivity index (χ1v) is 8.94. The number of rotatable bonds is 6. The van der Waals surface area contributed by atoms with Gasteiger partial charge in [0.1, 0.15) is 0 Å². The SMILES string of the molecule is O=C(CNS(=O)(=O)c1ccccc1)N/N=C/c1ccc(Cl)cc1Cl. The van der Waals surface area contributed by atoms with E-state index in [0.717, 1.165) is 0 Å². The van der Waals surface area contributed by atoms with Crippen molar-refractivity contribution in [2.24, 2.45) is 5.10 Å². The molecule has 2 aromatic carbocycles. The van der Waals surface area contributed by atoms with E-state index in [1.165, 1.54) is 18.3 Å². The number of hydrogen-bond acceptors (Lipinski definition) is 4. The summed E-state index contributed by atoms with van der Waals surface area (Å²) in [7, 11) is -3.74. The summed E-state index contributed by atoms with van der Waals surface area (Å²) in [5.74, 6) is -0.615. The number of halogens is 2. The maximum absolute atomic E-state index is 11.9. The fourth-order valence-corrected chi connectivity index (χ4v) is 3.12. The second-order valence-electron chi connectivity index (χ2n) is 4.60. The van der Waals surface area contributed by atoms with E-state index in [-0.39, 0.29) is 4.90 Å². The number of nitrogens with one attached hydrogen (secondary N) is 2. The van der Waals surface area contributed by atoms with E-state index in [2.05, 4.69) is 15.2 Å². The summed E-state index contributed by atoms with van der Waals surface area (Å²) in [6.45, 7) is -0.442. The van der Waals surface area contributed by atoms with Gasteiger partial charge in [-0.1, -0.05) is 47.5 Å². The number of hydrogen-bond donors (Lipinski definition) is 2. The largest absolute Gasteiger partial charge is 0.272 e. The summed E-state index contributed by atoms with van der Waals surface area (Å²) in [5.41, 5.74) is 2.77. The van der Waals surface area contributed by atoms with Crippen LogP contribution in [0.2, 0.25) is 10.0 Å². The third-order valence-electron chi connectivity index (χ3n) is 2.83. The minimum absolute atomic E-state index is 0.0780. The van der Waals surface area contributed by atoms with Crippen LogP contribution in [0.1, 0.15) is 5.56 Å². The van der Waals surface area contributed by atoms with Crippen molar-refractivity contribution in [3.8, 4) is 0 Å². The Bertz CT molecular complexity index is 856. The van der Waals surface area contributed by atoms with Gasteiger partial charge >= 0.3 is 0 Å². The lowest BCUT2D eigenvalue weighted by Gasteiger charge is -2.05. The highest BCUT2D eigenvalue weighted by atomic mass is 35.5. The van der Waals surface area contributed by atoms with Gasteiger partial charge in [-0.15, -0.1) is 0 Å². The molecule has 0 aliphatic rings. The summed E-state index contributed by atoms with van der Waals surface area (Å²) >= 11 is 11.7. The number of nitrogens with zero attached hydrogens (tertiary/aromatic N) is 1. The molecule has 2 N–H and O–H groups in total. The maximum atomic E-state index is 11.9. The summed E-state index contributed by atoms with van der Waals surface area (Å²) in [5, 5.41) is 4.58. The predicted molar refractivity (Wildman–Crippen MR) is 93.8 cm³/mol. The average molecular weight is 386 g/mol. The molecule has 0 saturated carbocycles. The summed E-state index contributed by atoms with van der Waals surface area (Å²) in [6.07, 6.45) is 1.34. The number of carbonyl (C=O) groups is 1. The molecule has 0 aliphatic heterocycles. The zero-order valence-corrected chi connectivity index (χ0v) is 14.6. The van der Waals surface area contributed by atoms with Crippen molar-refractivity contribution in [3.05, 3.63) is 64.1 Å². The molecule has 0 aliphatic carbocycles. The van der Waals surface area contributed by atoms with Gasteiger partial charge in [-0.2, -0.15) is 5.10 Å². The zero-order valence-electron chi connectivity index (χ0n) is 12.2. The number of benzene rings is 2. The van der Waals surface area contributed by atoms with Gasteiger partial charge in [-0.3, -0.25) is 4.79 Å². The Kier molecular flexibility index (Phi) is 6.33. The molecule has 0 bridgehead atoms. The third-order valence-corrected chi connectivity index (χ3v) is 4.81. The molecule has 0 heterocycles. The Morgan fingerprint density at radius 2 is 1.83 bits per heavy atom. The second kappa shape index (κ2) is 8.25. The molecule has 0 atom stereocenters. The predicted octanol–water partition coefficient (Wildman–Crippen LogP) is 2.42. The molecule has 24 heavy (non-hydrogen) atoms. The van der Waals surface area contributed by atoms with Crippen molar-refractivity contribution < 1.29 is 13.2 Å². The van der Waals surface area contributed by atoms with Gasteiger partial charge in [-0.25, -0.2) is 18.6 Å². The topological polar surface area (TPSA) is 87.6 Å². The lowest BCUT2D eigenvalue weighted by Crippen LogP contribution is -2.34. The van der Waals surface area contributed by atoms with Crippen molar-refractivity contribution in [1.29, 1.82) is 0 Å². The van der Waals surface area contributed by atoms with E-state index in [0.29, 0.717) is 15.6 Å². The standard InChI is InChI=1S/C15H13Cl2N3O3S/c16-12-7-6-11(14(17)8-12)9-18-20-15(21)10-19-24(22,23)13-4-2-1-3-5-13/h1-9,19H,10H2,(H,20,21)/b18-9+. The van der Waals surface area contributed by atoms with Crippen LogP contribution < -0.4 is 10.1 Å². The molecule has 1 amide bonds. The zero-order chi connectivity index (χ0) is 17.6. The van der Waals surface area contributed by atoms with Crippen LogP contribution in [0, 0.1) is 0 Å². The Morgan fingerprint density at radius 3 is 2.50 bits per heavy atom. The van der Waals surface area contributed by atoms with Crippen LogP contribution in [0.5, 0.6) is 0 Å². The van der Waals surface area contributed by atoms with E-state index < -0.39 is 22.5 Å². The minimum Gasteiger partial charge on any atom is -0.272 e. The Labute approximate surface area is 149 Å². The quantitative estimate of drug-likeness (QED) is 0.591. The highest BCUT2D eigenvalue weighted by Crippen LogP contribution is 2.19. The first-order valence-electron chi connectivity index (χ1n) is 6.70. The van der Waals surface area contributed by atoms with Crippen LogP contribution in [0.4, 0.5) is 0 Å². The summed E-state index contributed by atoms with van der Waals surface area (Å²) in [4.78, 5) is 11.7. The monoisotopic (exact) mass is 385 g/mol. The van der Waals surface area contributed by atoms with Crippen molar-refractivity contribution in [3.63, 3.8) is 0 Å². The maximum Gasteiger partial charge on any atom is 0.255 e. The molecular weight excluding hydrogens is 373 g/mol. The van der Waals surface area contributed by atoms with Gasteiger partial charge in [0.25, 0.3) is 5.91 Å². The molecule has 126 valence electrons. The van der Waals surface area contributed by atoms with Crippen LogP contribution in [0.3, 0.4) is 0 Å². The average Bonchev–Trinajstić information content (AvgIpc) is 2.56. The molecular formula is C15H13Cl2N3O3S. The Morgan fingerprint density at radius 1 is 1.12 bits per heavy atom. The smallest absolute Gasteiger partial charge is 0.255 e. The van der Waals surface area contributed by atoms with Gasteiger partial charge in [-0.05, 0) is 24.3 Å². The molecule has 0 saturated heterocycles. The number of carbonyl (C=O) groups excluding carboxylic acids is 1. The van der Waals surface area contributed by atoms with E-state index in [1.54, 1.807) is 36.4 Å². The normalized spacial score (nSPS) is 11.6. The van der Waals surface area contributed by atoms with Crippen molar-refractivity contribution in [1.82, 2.24) is 10.1 Å². The van der Waals surface area contributed by atoms with Gasteiger partial charge in [0.15, 0.2) is 0 Å². The van der Waals surface area contributed by atoms with Gasteiger partial charge < -0.3 is 0 Å². The van der Waals surface area contributed by atoms with Crippen LogP contribution >= 0.6 is 23.2 Å². The van der Waals surface area contributed by atoms with E-state index in [9.17, 15) is 13.2 Å². The summed E-state index contributed by atoms with van der Waals surface area (Å²) < 4.78 is 26.1. The van der Waals surface area contributed by atoms with Gasteiger partial charge in [0.2, 0.25) is 10.0 Å². The van der Waals surface area contributed by atoms with Gasteiger partial charge in [0, 0.05) is 10.6 Å². The number of hydrazone groups is 1. The van der Waals surface area contributed by atoms with E-state index in [4.69, 9.17) is 23.2 Å². The number of amides is 1. The Balaban J connectivity index is 1.89. The first-order chi connectivity index (χ1) is 11.4. The lowest BCUT2D eigenvalue weighted by atomic mass is 10.2. The molecule has 0 spiro atoms. The highest BCUT2D eigenvalue weighted by molar-refractivity contribution is 7.89. The lowest BCUT2D eigenvalue weighted by molar-refractivity contribution is -0.119. The van der Waals surface area contributed by atoms with Crippen molar-refractivity contribution in [2.45, 2.75) is 4.90 Å². The van der Waals surface area contributed by atoms with E-state index in [1.807, 2.05) is 0 Å². The molecule has 9 heteroatoms. The third kappa shape index (κ3) is 5.31. The van der Waals surface area contributed by atoms with Crippen LogP contribution in [0.25, 0.3) is 0 Å². The molecule has 2 rings (SSSR count). The molecule has 0 radical (unpaired) electrons. The molecule has 0 unspecified atom stereocenters. The van der Waals surface area contributed by atoms with Crippen LogP contribution in [-0.2, 0) is 14.8 Å².